The van der Waals surface area contributed by atoms with Gasteiger partial charge < -0.3 is 4.42 Å². The van der Waals surface area contributed by atoms with Crippen molar-refractivity contribution in [1.29, 1.82) is 0 Å². The highest BCUT2D eigenvalue weighted by Crippen LogP contribution is 2.36. The van der Waals surface area contributed by atoms with E-state index in [9.17, 15) is 4.79 Å². The van der Waals surface area contributed by atoms with E-state index in [1.54, 1.807) is 12.3 Å². The molecule has 1 saturated carbocycles. The summed E-state index contributed by atoms with van der Waals surface area (Å²) >= 11 is 0. The van der Waals surface area contributed by atoms with Crippen LogP contribution in [0.15, 0.2) is 41.0 Å². The molecule has 0 atom stereocenters. The normalized spacial score (nSPS) is 15.2. The van der Waals surface area contributed by atoms with Crippen LogP contribution >= 0.6 is 0 Å². The zero-order valence-electron chi connectivity index (χ0n) is 11.2. The smallest absolute Gasteiger partial charge is 0.196 e. The number of ketones is 1. The van der Waals surface area contributed by atoms with Crippen LogP contribution in [0.4, 0.5) is 0 Å². The molecule has 2 aromatic rings. The predicted octanol–water partition coefficient (Wildman–Crippen LogP) is 4.34. The van der Waals surface area contributed by atoms with Crippen LogP contribution in [0.1, 0.15) is 59.3 Å². The van der Waals surface area contributed by atoms with E-state index < -0.39 is 0 Å². The Bertz CT molecular complexity index is 591. The minimum absolute atomic E-state index is 0.0757. The minimum Gasteiger partial charge on any atom is -0.469 e. The van der Waals surface area contributed by atoms with E-state index in [-0.39, 0.29) is 5.78 Å². The van der Waals surface area contributed by atoms with Crippen LogP contribution in [-0.4, -0.2) is 5.78 Å². The third kappa shape index (κ3) is 2.23. The lowest BCUT2D eigenvalue weighted by Crippen LogP contribution is -2.10. The van der Waals surface area contributed by atoms with E-state index in [1.807, 2.05) is 19.1 Å². The average Bonchev–Trinajstić information content (AvgIpc) is 2.84. The predicted molar refractivity (Wildman–Crippen MR) is 74.6 cm³/mol. The largest absolute Gasteiger partial charge is 0.469 e. The minimum atomic E-state index is 0.0757. The number of rotatable bonds is 4. The first-order chi connectivity index (χ1) is 9.29. The Labute approximate surface area is 113 Å². The second-order valence-corrected chi connectivity index (χ2v) is 5.19. The summed E-state index contributed by atoms with van der Waals surface area (Å²) < 4.78 is 5.35. The lowest BCUT2D eigenvalue weighted by molar-refractivity contribution is 0.103. The van der Waals surface area contributed by atoms with E-state index in [2.05, 4.69) is 12.1 Å². The quantitative estimate of drug-likeness (QED) is 0.760. The molecule has 0 amide bonds. The summed E-state index contributed by atoms with van der Waals surface area (Å²) in [5.74, 6) is 1.51. The van der Waals surface area contributed by atoms with Gasteiger partial charge in [0.15, 0.2) is 5.78 Å². The van der Waals surface area contributed by atoms with Gasteiger partial charge in [0.25, 0.3) is 0 Å². The Hall–Kier alpha value is -1.83. The zero-order chi connectivity index (χ0) is 13.2. The summed E-state index contributed by atoms with van der Waals surface area (Å²) in [4.78, 5) is 12.5. The third-order valence-corrected chi connectivity index (χ3v) is 4.04. The van der Waals surface area contributed by atoms with Crippen LogP contribution < -0.4 is 0 Å². The van der Waals surface area contributed by atoms with Crippen molar-refractivity contribution in [2.75, 3.05) is 0 Å². The Morgan fingerprint density at radius 2 is 2.16 bits per heavy atom. The van der Waals surface area contributed by atoms with E-state index >= 15 is 0 Å². The molecule has 1 aromatic carbocycles. The molecule has 0 spiro atoms. The summed E-state index contributed by atoms with van der Waals surface area (Å²) in [5, 5.41) is 0. The Kier molecular flexibility index (Phi) is 3.24. The molecular formula is C17H18O2. The second-order valence-electron chi connectivity index (χ2n) is 5.19. The molecule has 1 aromatic heterocycles. The van der Waals surface area contributed by atoms with Crippen molar-refractivity contribution in [3.8, 4) is 0 Å². The first-order valence-corrected chi connectivity index (χ1v) is 7.00. The maximum absolute atomic E-state index is 12.5. The molecule has 1 aliphatic rings. The molecule has 3 rings (SSSR count). The van der Waals surface area contributed by atoms with Gasteiger partial charge in [-0.3, -0.25) is 4.79 Å². The summed E-state index contributed by atoms with van der Waals surface area (Å²) in [6.07, 6.45) is 6.16. The lowest BCUT2D eigenvalue weighted by Gasteiger charge is -2.26. The molecule has 0 unspecified atom stereocenters. The summed E-state index contributed by atoms with van der Waals surface area (Å²) in [5.41, 5.74) is 2.78. The van der Waals surface area contributed by atoms with Crippen LogP contribution in [-0.2, 0) is 6.42 Å². The van der Waals surface area contributed by atoms with Gasteiger partial charge in [-0.25, -0.2) is 0 Å². The molecule has 2 nitrogen and oxygen atoms in total. The lowest BCUT2D eigenvalue weighted by atomic mass is 9.79. The van der Waals surface area contributed by atoms with Gasteiger partial charge >= 0.3 is 0 Å². The fourth-order valence-corrected chi connectivity index (χ4v) is 2.65. The molecular weight excluding hydrogens is 236 g/mol. The molecule has 0 saturated heterocycles. The highest BCUT2D eigenvalue weighted by molar-refractivity contribution is 6.09. The topological polar surface area (TPSA) is 30.2 Å². The molecule has 1 heterocycles. The summed E-state index contributed by atoms with van der Waals surface area (Å²) in [6, 6.07) is 9.86. The van der Waals surface area contributed by atoms with Gasteiger partial charge in [-0.05, 0) is 36.5 Å². The van der Waals surface area contributed by atoms with Gasteiger partial charge in [-0.2, -0.15) is 0 Å². The number of carbonyl (C=O) groups is 1. The van der Waals surface area contributed by atoms with E-state index in [0.29, 0.717) is 11.5 Å². The van der Waals surface area contributed by atoms with Gasteiger partial charge in [0.1, 0.15) is 5.76 Å². The van der Waals surface area contributed by atoms with Crippen molar-refractivity contribution in [2.24, 2.45) is 0 Å². The second kappa shape index (κ2) is 5.04. The number of furan rings is 1. The van der Waals surface area contributed by atoms with Gasteiger partial charge in [-0.1, -0.05) is 31.5 Å². The Balaban J connectivity index is 1.91. The van der Waals surface area contributed by atoms with Gasteiger partial charge in [0.05, 0.1) is 11.8 Å². The number of aryl methyl sites for hydroxylation is 1. The van der Waals surface area contributed by atoms with E-state index in [1.165, 1.54) is 24.8 Å². The molecule has 1 aliphatic carbocycles. The molecule has 0 N–H and O–H groups in total. The molecule has 0 radical (unpaired) electrons. The van der Waals surface area contributed by atoms with Crippen molar-refractivity contribution in [1.82, 2.24) is 0 Å². The highest BCUT2D eigenvalue weighted by Gasteiger charge is 2.21. The van der Waals surface area contributed by atoms with Crippen molar-refractivity contribution < 1.29 is 9.21 Å². The fourth-order valence-electron chi connectivity index (χ4n) is 2.65. The van der Waals surface area contributed by atoms with Gasteiger partial charge in [-0.15, -0.1) is 0 Å². The number of hydrogen-bond acceptors (Lipinski definition) is 2. The first kappa shape index (κ1) is 12.2. The van der Waals surface area contributed by atoms with Crippen LogP contribution in [0, 0.1) is 0 Å². The van der Waals surface area contributed by atoms with Crippen LogP contribution in [0.2, 0.25) is 0 Å². The summed E-state index contributed by atoms with van der Waals surface area (Å²) in [6.45, 7) is 2.00. The Morgan fingerprint density at radius 3 is 2.84 bits per heavy atom. The molecule has 0 bridgehead atoms. The van der Waals surface area contributed by atoms with Crippen LogP contribution in [0.5, 0.6) is 0 Å². The number of benzene rings is 1. The van der Waals surface area contributed by atoms with E-state index in [4.69, 9.17) is 4.42 Å². The third-order valence-electron chi connectivity index (χ3n) is 4.04. The number of hydrogen-bond donors (Lipinski definition) is 0. The number of carbonyl (C=O) groups excluding carboxylic acids is 1. The van der Waals surface area contributed by atoms with Crippen molar-refractivity contribution in [3.05, 3.63) is 59.0 Å². The standard InChI is InChI=1S/C17H18O2/c1-2-16-15(9-10-19-16)17(18)14-8-4-7-13(11-14)12-5-3-6-12/h4,7-12H,2-3,5-6H2,1H3. The van der Waals surface area contributed by atoms with Gasteiger partial charge in [0.2, 0.25) is 0 Å². The molecule has 2 heteroatoms. The van der Waals surface area contributed by atoms with Crippen molar-refractivity contribution in [3.63, 3.8) is 0 Å². The summed E-state index contributed by atoms with van der Waals surface area (Å²) in [7, 11) is 0. The fraction of sp³-hybridized carbons (Fsp3) is 0.353. The van der Waals surface area contributed by atoms with Gasteiger partial charge in [0, 0.05) is 12.0 Å². The van der Waals surface area contributed by atoms with Crippen molar-refractivity contribution >= 4 is 5.78 Å². The maximum atomic E-state index is 12.5. The Morgan fingerprint density at radius 1 is 1.32 bits per heavy atom. The molecule has 19 heavy (non-hydrogen) atoms. The van der Waals surface area contributed by atoms with E-state index in [0.717, 1.165) is 17.7 Å². The van der Waals surface area contributed by atoms with Crippen molar-refractivity contribution in [2.45, 2.75) is 38.5 Å². The maximum Gasteiger partial charge on any atom is 0.196 e. The SMILES string of the molecule is CCc1occc1C(=O)c1cccc(C2CCC2)c1. The van der Waals surface area contributed by atoms with Crippen LogP contribution in [0.3, 0.4) is 0 Å². The first-order valence-electron chi connectivity index (χ1n) is 7.00. The zero-order valence-corrected chi connectivity index (χ0v) is 11.2. The monoisotopic (exact) mass is 254 g/mol. The molecule has 1 fully saturated rings. The molecule has 0 aliphatic heterocycles. The average molecular weight is 254 g/mol. The molecule has 98 valence electrons. The van der Waals surface area contributed by atoms with Crippen LogP contribution in [0.25, 0.3) is 0 Å². The highest BCUT2D eigenvalue weighted by atomic mass is 16.3.